The highest BCUT2D eigenvalue weighted by Crippen LogP contribution is 2.33. The molecule has 0 unspecified atom stereocenters. The Kier molecular flexibility index (Phi) is 17.8. The summed E-state index contributed by atoms with van der Waals surface area (Å²) in [6.07, 6.45) is 1.40. The number of sulfonamides is 2. The van der Waals surface area contributed by atoms with Crippen molar-refractivity contribution < 1.29 is 26.4 Å². The average molecular weight is 1080 g/mol. The summed E-state index contributed by atoms with van der Waals surface area (Å²) in [6.45, 7) is 18.1. The summed E-state index contributed by atoms with van der Waals surface area (Å²) in [5, 5.41) is 16.8. The number of methoxy groups -OCH3 is 1. The third kappa shape index (κ3) is 13.7. The normalized spacial score (nSPS) is 11.9. The lowest BCUT2D eigenvalue weighted by Crippen LogP contribution is -2.16. The van der Waals surface area contributed by atoms with Crippen LogP contribution in [0.3, 0.4) is 0 Å². The predicted octanol–water partition coefficient (Wildman–Crippen LogP) is 10.5. The van der Waals surface area contributed by atoms with Crippen molar-refractivity contribution in [3.05, 3.63) is 117 Å². The van der Waals surface area contributed by atoms with Gasteiger partial charge in [-0.3, -0.25) is 9.44 Å². The lowest BCUT2D eigenvalue weighted by Gasteiger charge is -2.19. The van der Waals surface area contributed by atoms with Crippen LogP contribution in [0.4, 0.5) is 11.4 Å². The molecule has 0 radical (unpaired) electrons. The standard InChI is InChI=1S/C23H28N4O4S.C21H25IN4O2S.C2H4Cl2/c1-7-20-24-25-21(27(20)5)18-14-15(22(28)31-6)8-13-19(18)26-32(29,30)17-11-9-16(10-12-17)23(2,3)4;1-6-19-23-24-20(26(19)5)17-13-15(22)9-12-18(17)25-29(27,28)16-10-7-14(8-11-16)21(2,3)4;1-2(3)4/h8-14,26H,7H2,1-6H3;7-13,25H,6H2,1-5H3;2H,1H3. The molecule has 0 aliphatic rings. The Balaban J connectivity index is 0.000000264. The third-order valence-electron chi connectivity index (χ3n) is 10.0. The van der Waals surface area contributed by atoms with Crippen LogP contribution in [0.5, 0.6) is 0 Å². The fraction of sp³-hybridized carbons (Fsp3) is 0.370. The molecule has 2 aromatic heterocycles. The van der Waals surface area contributed by atoms with Gasteiger partial charge in [0.1, 0.15) is 16.5 Å². The maximum Gasteiger partial charge on any atom is 0.337 e. The van der Waals surface area contributed by atoms with Crippen LogP contribution < -0.4 is 9.44 Å². The zero-order valence-corrected chi connectivity index (χ0v) is 44.0. The van der Waals surface area contributed by atoms with Crippen LogP contribution in [0.15, 0.2) is 94.7 Å². The molecule has 14 nitrogen and oxygen atoms in total. The SMILES string of the molecule is CC(Cl)Cl.CCc1nnc(-c2cc(C(=O)OC)ccc2NS(=O)(=O)c2ccc(C(C)(C)C)cc2)n1C.CCc1nnc(-c2cc(I)ccc2NS(=O)(=O)c2ccc(C(C)(C)C)cc2)n1C. The van der Waals surface area contributed by atoms with Gasteiger partial charge in [-0.15, -0.1) is 43.6 Å². The first-order valence-electron chi connectivity index (χ1n) is 20.6. The number of carbonyl (C=O) groups is 1. The molecular formula is C46H57Cl2IN8O6S2. The minimum absolute atomic E-state index is 0.0405. The smallest absolute Gasteiger partial charge is 0.337 e. The van der Waals surface area contributed by atoms with Gasteiger partial charge in [-0.1, -0.05) is 79.7 Å². The van der Waals surface area contributed by atoms with Crippen molar-refractivity contribution in [1.29, 1.82) is 0 Å². The van der Waals surface area contributed by atoms with E-state index >= 15 is 0 Å². The lowest BCUT2D eigenvalue weighted by molar-refractivity contribution is 0.0600. The van der Waals surface area contributed by atoms with Gasteiger partial charge in [-0.25, -0.2) is 21.6 Å². The maximum atomic E-state index is 13.1. The van der Waals surface area contributed by atoms with Crippen molar-refractivity contribution in [1.82, 2.24) is 29.5 Å². The van der Waals surface area contributed by atoms with E-state index in [0.29, 0.717) is 34.9 Å². The van der Waals surface area contributed by atoms with Gasteiger partial charge in [0.15, 0.2) is 11.6 Å². The Labute approximate surface area is 407 Å². The number of anilines is 2. The molecule has 0 fully saturated rings. The van der Waals surface area contributed by atoms with E-state index in [0.717, 1.165) is 32.8 Å². The molecular weight excluding hydrogens is 1020 g/mol. The summed E-state index contributed by atoms with van der Waals surface area (Å²) in [5.74, 6) is 2.10. The molecule has 0 saturated heterocycles. The molecule has 2 N–H and O–H groups in total. The van der Waals surface area contributed by atoms with E-state index in [1.54, 1.807) is 54.9 Å². The summed E-state index contributed by atoms with van der Waals surface area (Å²) >= 11 is 12.3. The van der Waals surface area contributed by atoms with Crippen LogP contribution in [0.1, 0.15) is 95.4 Å². The Morgan fingerprint density at radius 2 is 1.03 bits per heavy atom. The summed E-state index contributed by atoms with van der Waals surface area (Å²) < 4.78 is 67.1. The van der Waals surface area contributed by atoms with Crippen molar-refractivity contribution in [2.45, 2.75) is 101 Å². The van der Waals surface area contributed by atoms with Crippen molar-refractivity contribution >= 4 is 83.2 Å². The second-order valence-electron chi connectivity index (χ2n) is 16.9. The quantitative estimate of drug-likeness (QED) is 0.0720. The van der Waals surface area contributed by atoms with E-state index in [-0.39, 0.29) is 36.7 Å². The zero-order chi connectivity index (χ0) is 48.7. The minimum atomic E-state index is -3.88. The molecule has 0 bridgehead atoms. The van der Waals surface area contributed by atoms with Crippen LogP contribution in [-0.2, 0) is 62.6 Å². The van der Waals surface area contributed by atoms with Gasteiger partial charge in [-0.2, -0.15) is 0 Å². The Morgan fingerprint density at radius 1 is 0.662 bits per heavy atom. The van der Waals surface area contributed by atoms with Gasteiger partial charge in [-0.05, 0) is 112 Å². The van der Waals surface area contributed by atoms with Crippen LogP contribution in [0, 0.1) is 3.57 Å². The first-order valence-corrected chi connectivity index (χ1v) is 25.5. The van der Waals surface area contributed by atoms with Crippen molar-refractivity contribution in [2.24, 2.45) is 14.1 Å². The molecule has 0 aliphatic carbocycles. The first kappa shape index (κ1) is 53.1. The molecule has 19 heteroatoms. The van der Waals surface area contributed by atoms with Crippen LogP contribution in [0.25, 0.3) is 22.8 Å². The van der Waals surface area contributed by atoms with E-state index in [2.05, 4.69) is 94.0 Å². The number of nitrogens with one attached hydrogen (secondary N) is 2. The summed E-state index contributed by atoms with van der Waals surface area (Å²) in [7, 11) is -2.65. The molecule has 0 amide bonds. The number of esters is 1. The van der Waals surface area contributed by atoms with E-state index in [4.69, 9.17) is 27.9 Å². The molecule has 0 saturated carbocycles. The molecule has 0 aliphatic heterocycles. The fourth-order valence-electron chi connectivity index (χ4n) is 6.34. The molecule has 350 valence electrons. The minimum Gasteiger partial charge on any atom is -0.465 e. The number of carbonyl (C=O) groups excluding carboxylic acids is 1. The lowest BCUT2D eigenvalue weighted by atomic mass is 9.87. The van der Waals surface area contributed by atoms with Gasteiger partial charge in [0, 0.05) is 41.6 Å². The van der Waals surface area contributed by atoms with E-state index in [1.807, 2.05) is 61.9 Å². The number of rotatable bonds is 11. The zero-order valence-electron chi connectivity index (χ0n) is 38.7. The summed E-state index contributed by atoms with van der Waals surface area (Å²) in [6, 6.07) is 23.9. The van der Waals surface area contributed by atoms with E-state index < -0.39 is 26.0 Å². The average Bonchev–Trinajstić information content (AvgIpc) is 3.81. The van der Waals surface area contributed by atoms with Crippen molar-refractivity contribution in [3.63, 3.8) is 0 Å². The van der Waals surface area contributed by atoms with E-state index in [9.17, 15) is 21.6 Å². The first-order chi connectivity index (χ1) is 30.2. The second-order valence-corrected chi connectivity index (χ2v) is 23.1. The molecule has 65 heavy (non-hydrogen) atoms. The second kappa shape index (κ2) is 21.8. The number of hydrogen-bond donors (Lipinski definition) is 2. The summed E-state index contributed by atoms with van der Waals surface area (Å²) in [4.78, 5) is 12.2. The number of ether oxygens (including phenoxy) is 1. The van der Waals surface area contributed by atoms with Gasteiger partial charge in [0.25, 0.3) is 20.0 Å². The molecule has 6 rings (SSSR count). The number of benzene rings is 4. The van der Waals surface area contributed by atoms with Crippen LogP contribution in [0.2, 0.25) is 0 Å². The Bertz CT molecular complexity index is 2820. The van der Waals surface area contributed by atoms with Crippen molar-refractivity contribution in [3.8, 4) is 22.8 Å². The molecule has 0 spiro atoms. The number of nitrogens with zero attached hydrogens (tertiary/aromatic N) is 6. The van der Waals surface area contributed by atoms with Gasteiger partial charge >= 0.3 is 5.97 Å². The number of aryl methyl sites for hydroxylation is 2. The van der Waals surface area contributed by atoms with Gasteiger partial charge < -0.3 is 13.9 Å². The molecule has 4 aromatic carbocycles. The number of alkyl halides is 2. The number of halogens is 3. The van der Waals surface area contributed by atoms with Crippen LogP contribution in [-0.4, -0.2) is 64.3 Å². The number of aromatic nitrogens is 6. The molecule has 6 aromatic rings. The highest BCUT2D eigenvalue weighted by Gasteiger charge is 2.24. The Morgan fingerprint density at radius 3 is 1.37 bits per heavy atom. The molecule has 0 atom stereocenters. The van der Waals surface area contributed by atoms with Crippen molar-refractivity contribution in [2.75, 3.05) is 16.6 Å². The van der Waals surface area contributed by atoms with Crippen LogP contribution >= 0.6 is 45.8 Å². The topological polar surface area (TPSA) is 180 Å². The molecule has 2 heterocycles. The fourth-order valence-corrected chi connectivity index (χ4v) is 8.99. The summed E-state index contributed by atoms with van der Waals surface area (Å²) in [5.41, 5.74) is 4.15. The van der Waals surface area contributed by atoms with Gasteiger partial charge in [0.2, 0.25) is 0 Å². The number of hydrogen-bond acceptors (Lipinski definition) is 10. The largest absolute Gasteiger partial charge is 0.465 e. The monoisotopic (exact) mass is 1080 g/mol. The predicted molar refractivity (Wildman–Crippen MR) is 269 cm³/mol. The highest BCUT2D eigenvalue weighted by molar-refractivity contribution is 14.1. The maximum absolute atomic E-state index is 13.1. The Hall–Kier alpha value is -4.56. The third-order valence-corrected chi connectivity index (χ3v) is 13.5. The van der Waals surface area contributed by atoms with Gasteiger partial charge in [0.05, 0.1) is 33.8 Å². The van der Waals surface area contributed by atoms with E-state index in [1.165, 1.54) is 19.2 Å². The highest BCUT2D eigenvalue weighted by atomic mass is 127.